The van der Waals surface area contributed by atoms with Crippen LogP contribution in [0.5, 0.6) is 0 Å². The molecule has 3 atom stereocenters. The highest BCUT2D eigenvalue weighted by atomic mass is 32.2. The molecule has 2 N–H and O–H groups in total. The van der Waals surface area contributed by atoms with Crippen molar-refractivity contribution in [3.8, 4) is 0 Å². The molecule has 0 bridgehead atoms. The topological polar surface area (TPSA) is 69.6 Å². The fourth-order valence-corrected chi connectivity index (χ4v) is 5.13. The van der Waals surface area contributed by atoms with E-state index in [9.17, 15) is 22.8 Å². The molecule has 10 heteroatoms. The molecule has 0 aromatic rings. The molecule has 0 aromatic carbocycles. The van der Waals surface area contributed by atoms with Gasteiger partial charge in [-0.2, -0.15) is 36.7 Å². The maximum atomic E-state index is 12.9. The van der Waals surface area contributed by atoms with Gasteiger partial charge in [-0.25, -0.2) is 4.79 Å². The lowest BCUT2D eigenvalue weighted by Gasteiger charge is -2.23. The lowest BCUT2D eigenvalue weighted by Crippen LogP contribution is -2.42. The summed E-state index contributed by atoms with van der Waals surface area (Å²) in [5.41, 5.74) is 0. The summed E-state index contributed by atoms with van der Waals surface area (Å²) in [5.74, 6) is -2.16. The van der Waals surface area contributed by atoms with Gasteiger partial charge < -0.3 is 15.3 Å². The lowest BCUT2D eigenvalue weighted by atomic mass is 9.96. The van der Waals surface area contributed by atoms with Crippen molar-refractivity contribution in [3.05, 3.63) is 0 Å². The second-order valence-corrected chi connectivity index (χ2v) is 7.81. The number of carbonyl (C=O) groups is 2. The number of likely N-dealkylation sites (tertiary alicyclic amines) is 1. The Morgan fingerprint density at radius 2 is 2.00 bits per heavy atom. The van der Waals surface area contributed by atoms with E-state index in [-0.39, 0.29) is 5.25 Å². The number of halogens is 3. The smallest absolute Gasteiger partial charge is 0.394 e. The second-order valence-electron chi connectivity index (χ2n) is 5.25. The van der Waals surface area contributed by atoms with Gasteiger partial charge in [0.15, 0.2) is 0 Å². The molecule has 0 radical (unpaired) electrons. The van der Waals surface area contributed by atoms with Gasteiger partial charge in [-0.05, 0) is 0 Å². The largest absolute Gasteiger partial charge is 0.481 e. The van der Waals surface area contributed by atoms with Crippen molar-refractivity contribution in [2.75, 3.05) is 36.9 Å². The van der Waals surface area contributed by atoms with Crippen molar-refractivity contribution >= 4 is 35.5 Å². The summed E-state index contributed by atoms with van der Waals surface area (Å²) in [4.78, 5) is 23.9. The summed E-state index contributed by atoms with van der Waals surface area (Å²) >= 11 is 3.51. The highest BCUT2D eigenvalue weighted by Crippen LogP contribution is 2.37. The van der Waals surface area contributed by atoms with Gasteiger partial charge in [-0.15, -0.1) is 0 Å². The summed E-state index contributed by atoms with van der Waals surface area (Å²) in [6, 6.07) is -0.617. The van der Waals surface area contributed by atoms with E-state index in [1.165, 1.54) is 0 Å². The fraction of sp³-hybridized carbons (Fsp3) is 0.833. The van der Waals surface area contributed by atoms with Crippen LogP contribution in [0.2, 0.25) is 0 Å². The molecule has 2 heterocycles. The number of carbonyl (C=O) groups excluding carboxylic acids is 1. The Morgan fingerprint density at radius 3 is 2.50 bits per heavy atom. The van der Waals surface area contributed by atoms with Crippen LogP contribution in [0, 0.1) is 11.8 Å². The second kappa shape index (κ2) is 7.20. The first-order valence-corrected chi connectivity index (χ1v) is 9.01. The molecule has 2 amide bonds. The molecule has 1 unspecified atom stereocenters. The number of nitrogens with zero attached hydrogens (tertiary/aromatic N) is 1. The predicted octanol–water partition coefficient (Wildman–Crippen LogP) is 1.74. The summed E-state index contributed by atoms with van der Waals surface area (Å²) in [7, 11) is 0. The zero-order chi connectivity index (χ0) is 16.3. The van der Waals surface area contributed by atoms with Crippen molar-refractivity contribution in [1.29, 1.82) is 0 Å². The maximum Gasteiger partial charge on any atom is 0.394 e. The number of thioether (sulfide) groups is 2. The zero-order valence-electron chi connectivity index (χ0n) is 11.6. The standard InChI is InChI=1S/C12H17F3N2O3S2/c13-12(14,15)9-5-17(4-8(9)10(18)19)11(20)16-3-7-6-21-1-2-22-7/h7-9H,1-6H2,(H,16,20)(H,18,19)/t7?,8-,9-/m1/s1. The van der Waals surface area contributed by atoms with Gasteiger partial charge in [0.25, 0.3) is 0 Å². The Bertz CT molecular complexity index is 430. The summed E-state index contributed by atoms with van der Waals surface area (Å²) < 4.78 is 38.6. The van der Waals surface area contributed by atoms with E-state index in [1.807, 2.05) is 0 Å². The van der Waals surface area contributed by atoms with E-state index < -0.39 is 43.1 Å². The van der Waals surface area contributed by atoms with Gasteiger partial charge in [0.2, 0.25) is 0 Å². The molecule has 0 spiro atoms. The lowest BCUT2D eigenvalue weighted by molar-refractivity contribution is -0.187. The molecule has 22 heavy (non-hydrogen) atoms. The van der Waals surface area contributed by atoms with Crippen LogP contribution >= 0.6 is 23.5 Å². The predicted molar refractivity (Wildman–Crippen MR) is 79.2 cm³/mol. The minimum Gasteiger partial charge on any atom is -0.481 e. The van der Waals surface area contributed by atoms with Crippen molar-refractivity contribution in [3.63, 3.8) is 0 Å². The van der Waals surface area contributed by atoms with E-state index >= 15 is 0 Å². The zero-order valence-corrected chi connectivity index (χ0v) is 13.3. The number of carboxylic acids is 1. The number of aliphatic carboxylic acids is 1. The molecule has 2 aliphatic heterocycles. The van der Waals surface area contributed by atoms with Crippen molar-refractivity contribution in [2.24, 2.45) is 11.8 Å². The van der Waals surface area contributed by atoms with Crippen molar-refractivity contribution < 1.29 is 27.9 Å². The van der Waals surface area contributed by atoms with Crippen LogP contribution in [0.25, 0.3) is 0 Å². The molecule has 2 fully saturated rings. The van der Waals surface area contributed by atoms with Crippen LogP contribution in [0.15, 0.2) is 0 Å². The number of alkyl halides is 3. The van der Waals surface area contributed by atoms with E-state index in [1.54, 1.807) is 23.5 Å². The molecule has 0 aliphatic carbocycles. The summed E-state index contributed by atoms with van der Waals surface area (Å²) in [6.45, 7) is -0.613. The average Bonchev–Trinajstić information content (AvgIpc) is 2.91. The SMILES string of the molecule is O=C(O)[C@@H]1CN(C(=O)NCC2CSCCS2)C[C@H]1C(F)(F)F. The number of nitrogens with one attached hydrogen (secondary N) is 1. The first kappa shape index (κ1) is 17.6. The fourth-order valence-electron chi connectivity index (χ4n) is 2.52. The van der Waals surface area contributed by atoms with Gasteiger partial charge in [0.1, 0.15) is 0 Å². The number of rotatable bonds is 3. The maximum absolute atomic E-state index is 12.9. The molecule has 2 aliphatic rings. The third-order valence-corrected chi connectivity index (χ3v) is 6.56. The van der Waals surface area contributed by atoms with Crippen LogP contribution in [0.1, 0.15) is 0 Å². The van der Waals surface area contributed by atoms with Crippen LogP contribution in [-0.4, -0.2) is 70.3 Å². The molecule has 0 saturated carbocycles. The molecular weight excluding hydrogens is 341 g/mol. The minimum atomic E-state index is -4.62. The Kier molecular flexibility index (Phi) is 5.76. The van der Waals surface area contributed by atoms with Gasteiger partial charge in [-0.1, -0.05) is 0 Å². The molecule has 0 aromatic heterocycles. The van der Waals surface area contributed by atoms with Crippen LogP contribution in [0.4, 0.5) is 18.0 Å². The summed E-state index contributed by atoms with van der Waals surface area (Å²) in [5, 5.41) is 11.8. The molecule has 2 rings (SSSR count). The number of urea groups is 1. The first-order chi connectivity index (χ1) is 10.3. The Hall–Kier alpha value is -0.770. The third-order valence-electron chi connectivity index (χ3n) is 3.71. The highest BCUT2D eigenvalue weighted by molar-refractivity contribution is 8.06. The van der Waals surface area contributed by atoms with Crippen LogP contribution in [-0.2, 0) is 4.79 Å². The Balaban J connectivity index is 1.89. The molecular formula is C12H17F3N2O3S2. The molecule has 5 nitrogen and oxygen atoms in total. The number of hydrogen-bond donors (Lipinski definition) is 2. The van der Waals surface area contributed by atoms with Crippen molar-refractivity contribution in [2.45, 2.75) is 11.4 Å². The van der Waals surface area contributed by atoms with Gasteiger partial charge in [0.05, 0.1) is 11.8 Å². The monoisotopic (exact) mass is 358 g/mol. The normalized spacial score (nSPS) is 29.4. The van der Waals surface area contributed by atoms with E-state index in [2.05, 4.69) is 5.32 Å². The van der Waals surface area contributed by atoms with Gasteiger partial charge in [0, 0.05) is 42.1 Å². The van der Waals surface area contributed by atoms with E-state index in [4.69, 9.17) is 5.11 Å². The Morgan fingerprint density at radius 1 is 1.27 bits per heavy atom. The first-order valence-electron chi connectivity index (χ1n) is 6.80. The summed E-state index contributed by atoms with van der Waals surface area (Å²) in [6.07, 6.45) is -4.62. The third kappa shape index (κ3) is 4.37. The quantitative estimate of drug-likeness (QED) is 0.804. The minimum absolute atomic E-state index is 0.249. The van der Waals surface area contributed by atoms with E-state index in [0.29, 0.717) is 6.54 Å². The number of amides is 2. The molecule has 126 valence electrons. The van der Waals surface area contributed by atoms with Gasteiger partial charge in [-0.3, -0.25) is 4.79 Å². The number of hydrogen-bond acceptors (Lipinski definition) is 4. The van der Waals surface area contributed by atoms with E-state index in [0.717, 1.165) is 22.2 Å². The van der Waals surface area contributed by atoms with Crippen molar-refractivity contribution in [1.82, 2.24) is 10.2 Å². The number of carboxylic acid groups (broad SMARTS) is 1. The van der Waals surface area contributed by atoms with Crippen LogP contribution in [0.3, 0.4) is 0 Å². The molecule has 2 saturated heterocycles. The highest BCUT2D eigenvalue weighted by Gasteiger charge is 2.53. The Labute approximate surface area is 134 Å². The van der Waals surface area contributed by atoms with Gasteiger partial charge >= 0.3 is 18.2 Å². The van der Waals surface area contributed by atoms with Crippen LogP contribution < -0.4 is 5.32 Å². The average molecular weight is 358 g/mol.